The Morgan fingerprint density at radius 3 is 2.79 bits per heavy atom. The molecule has 0 saturated carbocycles. The first kappa shape index (κ1) is 18.2. The Labute approximate surface area is 162 Å². The minimum absolute atomic E-state index is 0.294. The van der Waals surface area contributed by atoms with Crippen molar-refractivity contribution in [1.29, 1.82) is 0 Å². The molecule has 0 radical (unpaired) electrons. The molecule has 1 N–H and O–H groups in total. The number of halogens is 1. The highest BCUT2D eigenvalue weighted by Gasteiger charge is 2.31. The first-order chi connectivity index (χ1) is 13.7. The predicted molar refractivity (Wildman–Crippen MR) is 103 cm³/mol. The molecule has 2 heterocycles. The summed E-state index contributed by atoms with van der Waals surface area (Å²) >= 11 is 0. The quantitative estimate of drug-likeness (QED) is 0.692. The highest BCUT2D eigenvalue weighted by atomic mass is 19.1. The number of nitrogens with zero attached hydrogens (tertiary/aromatic N) is 3. The van der Waals surface area contributed by atoms with Gasteiger partial charge in [0.2, 0.25) is 11.7 Å². The number of carbonyl (C=O) groups excluding carboxylic acids is 1. The van der Waals surface area contributed by atoms with Gasteiger partial charge in [0.25, 0.3) is 0 Å². The molecule has 0 bridgehead atoms. The van der Waals surface area contributed by atoms with Crippen LogP contribution in [-0.4, -0.2) is 27.6 Å². The molecule has 0 spiro atoms. The van der Waals surface area contributed by atoms with E-state index in [0.717, 1.165) is 31.2 Å². The number of anilines is 1. The molecule has 6 nitrogen and oxygen atoms in total. The van der Waals surface area contributed by atoms with E-state index in [-0.39, 0.29) is 12.1 Å². The van der Waals surface area contributed by atoms with Crippen molar-refractivity contribution in [3.8, 4) is 11.4 Å². The number of hydrogen-bond donors (Lipinski definition) is 1. The van der Waals surface area contributed by atoms with Crippen molar-refractivity contribution in [3.63, 3.8) is 0 Å². The number of likely N-dealkylation sites (tertiary alicyclic amines) is 1. The van der Waals surface area contributed by atoms with Crippen molar-refractivity contribution in [3.05, 3.63) is 66.3 Å². The monoisotopic (exact) mass is 380 g/mol. The molecule has 3 aromatic rings. The zero-order valence-corrected chi connectivity index (χ0v) is 15.3. The summed E-state index contributed by atoms with van der Waals surface area (Å²) in [6, 6.07) is 14.8. The second-order valence-electron chi connectivity index (χ2n) is 6.82. The fourth-order valence-corrected chi connectivity index (χ4v) is 3.44. The summed E-state index contributed by atoms with van der Waals surface area (Å²) in [6.45, 7) is 0.578. The minimum Gasteiger partial charge on any atom is -0.337 e. The summed E-state index contributed by atoms with van der Waals surface area (Å²) in [5.74, 6) is 0.537. The van der Waals surface area contributed by atoms with E-state index in [1.54, 1.807) is 17.0 Å². The Morgan fingerprint density at radius 1 is 1.11 bits per heavy atom. The van der Waals surface area contributed by atoms with Crippen LogP contribution in [0.5, 0.6) is 0 Å². The third kappa shape index (κ3) is 4.03. The standard InChI is InChI=1S/C21H21FN4O2/c22-16-10-7-11-17(14-16)23-21(27)26-13-6-2-5-12-18(26)20-24-19(25-28-20)15-8-3-1-4-9-15/h1,3-4,7-11,14,18H,2,5-6,12-13H2,(H,23,27). The molecule has 0 aliphatic carbocycles. The SMILES string of the molecule is O=C(Nc1cccc(F)c1)N1CCCCCC1c1nc(-c2ccccc2)no1. The largest absolute Gasteiger partial charge is 0.337 e. The lowest BCUT2D eigenvalue weighted by molar-refractivity contribution is 0.171. The van der Waals surface area contributed by atoms with Crippen LogP contribution >= 0.6 is 0 Å². The summed E-state index contributed by atoms with van der Waals surface area (Å²) < 4.78 is 19.0. The third-order valence-electron chi connectivity index (χ3n) is 4.85. The molecular weight excluding hydrogens is 359 g/mol. The maximum atomic E-state index is 13.4. The van der Waals surface area contributed by atoms with Crippen LogP contribution in [0.1, 0.15) is 37.6 Å². The number of nitrogens with one attached hydrogen (secondary N) is 1. The number of carbonyl (C=O) groups is 1. The van der Waals surface area contributed by atoms with Crippen LogP contribution in [-0.2, 0) is 0 Å². The van der Waals surface area contributed by atoms with Gasteiger partial charge in [-0.2, -0.15) is 4.98 Å². The number of aromatic nitrogens is 2. The number of benzene rings is 2. The van der Waals surface area contributed by atoms with Crippen LogP contribution in [0, 0.1) is 5.82 Å². The van der Waals surface area contributed by atoms with E-state index in [4.69, 9.17) is 4.52 Å². The smallest absolute Gasteiger partial charge is 0.322 e. The lowest BCUT2D eigenvalue weighted by Gasteiger charge is -2.27. The van der Waals surface area contributed by atoms with E-state index in [1.165, 1.54) is 12.1 Å². The van der Waals surface area contributed by atoms with Crippen LogP contribution in [0.3, 0.4) is 0 Å². The van der Waals surface area contributed by atoms with E-state index >= 15 is 0 Å². The number of urea groups is 1. The average Bonchev–Trinajstić information content (AvgIpc) is 3.06. The molecule has 1 aliphatic heterocycles. The summed E-state index contributed by atoms with van der Waals surface area (Å²) in [4.78, 5) is 19.1. The van der Waals surface area contributed by atoms with Crippen LogP contribution in [0.2, 0.25) is 0 Å². The average molecular weight is 380 g/mol. The first-order valence-electron chi connectivity index (χ1n) is 9.43. The first-order valence-corrected chi connectivity index (χ1v) is 9.43. The van der Waals surface area contributed by atoms with Gasteiger partial charge in [0.1, 0.15) is 11.9 Å². The van der Waals surface area contributed by atoms with Crippen LogP contribution in [0.15, 0.2) is 59.1 Å². The van der Waals surface area contributed by atoms with Crippen molar-refractivity contribution in [2.45, 2.75) is 31.7 Å². The molecule has 1 atom stereocenters. The number of rotatable bonds is 3. The molecule has 28 heavy (non-hydrogen) atoms. The van der Waals surface area contributed by atoms with Gasteiger partial charge in [-0.15, -0.1) is 0 Å². The highest BCUT2D eigenvalue weighted by molar-refractivity contribution is 5.89. The Kier molecular flexibility index (Phi) is 5.32. The maximum absolute atomic E-state index is 13.4. The summed E-state index contributed by atoms with van der Waals surface area (Å²) in [7, 11) is 0. The molecule has 1 aromatic heterocycles. The lowest BCUT2D eigenvalue weighted by Crippen LogP contribution is -2.38. The van der Waals surface area contributed by atoms with Gasteiger partial charge >= 0.3 is 6.03 Å². The second-order valence-corrected chi connectivity index (χ2v) is 6.82. The van der Waals surface area contributed by atoms with Gasteiger partial charge in [0.15, 0.2) is 0 Å². The lowest BCUT2D eigenvalue weighted by atomic mass is 10.1. The summed E-state index contributed by atoms with van der Waals surface area (Å²) in [5, 5.41) is 6.86. The normalized spacial score (nSPS) is 17.2. The fourth-order valence-electron chi connectivity index (χ4n) is 3.44. The van der Waals surface area contributed by atoms with Gasteiger partial charge in [-0.1, -0.05) is 54.4 Å². The fraction of sp³-hybridized carbons (Fsp3) is 0.286. The van der Waals surface area contributed by atoms with Crippen molar-refractivity contribution >= 4 is 11.7 Å². The van der Waals surface area contributed by atoms with Crippen molar-refractivity contribution < 1.29 is 13.7 Å². The molecule has 4 rings (SSSR count). The number of amides is 2. The molecular formula is C21H21FN4O2. The van der Waals surface area contributed by atoms with E-state index < -0.39 is 5.82 Å². The molecule has 1 saturated heterocycles. The Balaban J connectivity index is 1.57. The van der Waals surface area contributed by atoms with Gasteiger partial charge in [-0.05, 0) is 31.0 Å². The molecule has 2 aromatic carbocycles. The van der Waals surface area contributed by atoms with Crippen LogP contribution in [0.4, 0.5) is 14.9 Å². The zero-order valence-electron chi connectivity index (χ0n) is 15.3. The van der Waals surface area contributed by atoms with Crippen molar-refractivity contribution in [1.82, 2.24) is 15.0 Å². The van der Waals surface area contributed by atoms with Gasteiger partial charge in [-0.25, -0.2) is 9.18 Å². The predicted octanol–water partition coefficient (Wildman–Crippen LogP) is 5.02. The highest BCUT2D eigenvalue weighted by Crippen LogP contribution is 2.31. The minimum atomic E-state index is -0.394. The molecule has 7 heteroatoms. The zero-order chi connectivity index (χ0) is 19.3. The van der Waals surface area contributed by atoms with Crippen LogP contribution in [0.25, 0.3) is 11.4 Å². The van der Waals surface area contributed by atoms with Crippen LogP contribution < -0.4 is 5.32 Å². The number of hydrogen-bond acceptors (Lipinski definition) is 4. The Morgan fingerprint density at radius 2 is 1.96 bits per heavy atom. The van der Waals surface area contributed by atoms with Crippen molar-refractivity contribution in [2.75, 3.05) is 11.9 Å². The van der Waals surface area contributed by atoms with Gasteiger partial charge < -0.3 is 14.7 Å². The van der Waals surface area contributed by atoms with Gasteiger partial charge in [0, 0.05) is 17.8 Å². The van der Waals surface area contributed by atoms with E-state index in [0.29, 0.717) is 23.9 Å². The molecule has 1 unspecified atom stereocenters. The Bertz CT molecular complexity index is 944. The molecule has 1 fully saturated rings. The van der Waals surface area contributed by atoms with E-state index in [1.807, 2.05) is 30.3 Å². The van der Waals surface area contributed by atoms with E-state index in [9.17, 15) is 9.18 Å². The topological polar surface area (TPSA) is 71.3 Å². The van der Waals surface area contributed by atoms with Gasteiger partial charge in [-0.3, -0.25) is 0 Å². The van der Waals surface area contributed by atoms with E-state index in [2.05, 4.69) is 15.5 Å². The Hall–Kier alpha value is -3.22. The van der Waals surface area contributed by atoms with Crippen molar-refractivity contribution in [2.24, 2.45) is 0 Å². The van der Waals surface area contributed by atoms with Gasteiger partial charge in [0.05, 0.1) is 0 Å². The maximum Gasteiger partial charge on any atom is 0.322 e. The summed E-state index contributed by atoms with van der Waals surface area (Å²) in [5.41, 5.74) is 1.28. The molecule has 144 valence electrons. The third-order valence-corrected chi connectivity index (χ3v) is 4.85. The molecule has 2 amide bonds. The molecule has 1 aliphatic rings. The second kappa shape index (κ2) is 8.21. The summed E-state index contributed by atoms with van der Waals surface area (Å²) in [6.07, 6.45) is 3.64.